The van der Waals surface area contributed by atoms with Gasteiger partial charge >= 0.3 is 0 Å². The summed E-state index contributed by atoms with van der Waals surface area (Å²) in [6.07, 6.45) is 3.44. The summed E-state index contributed by atoms with van der Waals surface area (Å²) in [4.78, 5) is 16.1. The summed E-state index contributed by atoms with van der Waals surface area (Å²) in [5.41, 5.74) is 7.58. The number of allylic oxidation sites excluding steroid dienone is 1. The van der Waals surface area contributed by atoms with Crippen LogP contribution >= 0.6 is 0 Å². The average Bonchev–Trinajstić information content (AvgIpc) is 2.43. The number of nitrogens with two attached hydrogens (primary N) is 1. The Balaban J connectivity index is 3.09. The number of amidine groups is 1. The van der Waals surface area contributed by atoms with E-state index in [4.69, 9.17) is 5.73 Å². The summed E-state index contributed by atoms with van der Waals surface area (Å²) in [7, 11) is 1.70. The highest BCUT2D eigenvalue weighted by Gasteiger charge is 2.13. The van der Waals surface area contributed by atoms with Crippen LogP contribution in [0.2, 0.25) is 0 Å². The normalized spacial score (nSPS) is 11.2. The molecule has 1 aromatic carbocycles. The molecule has 4 heteroatoms. The number of anilines is 1. The smallest absolute Gasteiger partial charge is 0.186 e. The molecule has 0 aliphatic rings. The van der Waals surface area contributed by atoms with E-state index in [0.717, 1.165) is 24.9 Å². The van der Waals surface area contributed by atoms with E-state index in [-0.39, 0.29) is 5.78 Å². The molecule has 0 atom stereocenters. The van der Waals surface area contributed by atoms with E-state index in [1.165, 1.54) is 6.08 Å². The number of ketones is 1. The first-order chi connectivity index (χ1) is 9.13. The topological polar surface area (TPSA) is 67.5 Å². The number of benzene rings is 1. The van der Waals surface area contributed by atoms with Crippen molar-refractivity contribution in [1.29, 1.82) is 0 Å². The molecular formula is C15H21N3O. The van der Waals surface area contributed by atoms with E-state index in [2.05, 4.69) is 23.8 Å². The summed E-state index contributed by atoms with van der Waals surface area (Å²) in [6, 6.07) is 5.24. The van der Waals surface area contributed by atoms with Gasteiger partial charge in [0.25, 0.3) is 0 Å². The van der Waals surface area contributed by atoms with E-state index in [1.54, 1.807) is 19.2 Å². The van der Waals surface area contributed by atoms with Gasteiger partial charge in [-0.05, 0) is 30.7 Å². The minimum Gasteiger partial charge on any atom is -0.399 e. The number of hydrogen-bond acceptors (Lipinski definition) is 3. The third-order valence-electron chi connectivity index (χ3n) is 2.80. The molecule has 0 unspecified atom stereocenters. The summed E-state index contributed by atoms with van der Waals surface area (Å²) >= 11 is 0. The number of carbonyl (C=O) groups is 1. The van der Waals surface area contributed by atoms with Crippen LogP contribution in [0.1, 0.15) is 35.7 Å². The number of rotatable bonds is 6. The van der Waals surface area contributed by atoms with Crippen molar-refractivity contribution in [3.63, 3.8) is 0 Å². The number of hydrogen-bond donors (Lipinski definition) is 2. The van der Waals surface area contributed by atoms with Crippen LogP contribution in [0.3, 0.4) is 0 Å². The molecule has 1 aromatic rings. The molecule has 0 heterocycles. The fourth-order valence-electron chi connectivity index (χ4n) is 1.76. The van der Waals surface area contributed by atoms with Gasteiger partial charge in [-0.25, -0.2) is 0 Å². The SMILES string of the molecule is C=CC(=O)c1cc(N)ccc1C(=NC)NCCCC. The fourth-order valence-corrected chi connectivity index (χ4v) is 1.76. The zero-order valence-corrected chi connectivity index (χ0v) is 11.6. The van der Waals surface area contributed by atoms with Gasteiger partial charge in [0.15, 0.2) is 5.78 Å². The van der Waals surface area contributed by atoms with Crippen molar-refractivity contribution in [2.45, 2.75) is 19.8 Å². The molecule has 0 radical (unpaired) electrons. The Hall–Kier alpha value is -2.10. The highest BCUT2D eigenvalue weighted by atomic mass is 16.1. The first-order valence-corrected chi connectivity index (χ1v) is 6.41. The molecule has 0 spiro atoms. The minimum atomic E-state index is -0.152. The zero-order chi connectivity index (χ0) is 14.3. The molecule has 0 amide bonds. The van der Waals surface area contributed by atoms with Crippen LogP contribution in [0.4, 0.5) is 5.69 Å². The van der Waals surface area contributed by atoms with Gasteiger partial charge in [0, 0.05) is 30.4 Å². The molecule has 19 heavy (non-hydrogen) atoms. The third kappa shape index (κ3) is 3.95. The highest BCUT2D eigenvalue weighted by molar-refractivity contribution is 6.14. The van der Waals surface area contributed by atoms with Gasteiger partial charge in [-0.15, -0.1) is 0 Å². The Morgan fingerprint density at radius 2 is 2.21 bits per heavy atom. The van der Waals surface area contributed by atoms with Gasteiger partial charge in [0.2, 0.25) is 0 Å². The van der Waals surface area contributed by atoms with Gasteiger partial charge in [0.05, 0.1) is 0 Å². The Labute approximate surface area is 114 Å². The number of nitrogen functional groups attached to an aromatic ring is 1. The summed E-state index contributed by atoms with van der Waals surface area (Å²) in [5, 5.41) is 3.25. The maximum Gasteiger partial charge on any atom is 0.186 e. The van der Waals surface area contributed by atoms with Crippen LogP contribution < -0.4 is 11.1 Å². The Morgan fingerprint density at radius 1 is 1.47 bits per heavy atom. The standard InChI is InChI=1S/C15H21N3O/c1-4-6-9-18-15(17-3)12-8-7-11(16)10-13(12)14(19)5-2/h5,7-8,10H,2,4,6,9,16H2,1,3H3,(H,17,18). The quantitative estimate of drug-likeness (QED) is 0.206. The molecule has 0 aliphatic heterocycles. The van der Waals surface area contributed by atoms with Gasteiger partial charge in [-0.1, -0.05) is 19.9 Å². The lowest BCUT2D eigenvalue weighted by atomic mass is 10.0. The van der Waals surface area contributed by atoms with Crippen LogP contribution in [0.15, 0.2) is 35.8 Å². The zero-order valence-electron chi connectivity index (χ0n) is 11.6. The molecule has 0 saturated carbocycles. The van der Waals surface area contributed by atoms with E-state index in [0.29, 0.717) is 17.1 Å². The van der Waals surface area contributed by atoms with Gasteiger partial charge in [-0.3, -0.25) is 9.79 Å². The molecule has 102 valence electrons. The Morgan fingerprint density at radius 3 is 2.79 bits per heavy atom. The number of carbonyl (C=O) groups excluding carboxylic acids is 1. The van der Waals surface area contributed by atoms with Crippen molar-refractivity contribution in [3.8, 4) is 0 Å². The monoisotopic (exact) mass is 259 g/mol. The fraction of sp³-hybridized carbons (Fsp3) is 0.333. The second-order valence-electron chi connectivity index (χ2n) is 4.23. The van der Waals surface area contributed by atoms with E-state index in [9.17, 15) is 4.79 Å². The summed E-state index contributed by atoms with van der Waals surface area (Å²) in [5.74, 6) is 0.555. The minimum absolute atomic E-state index is 0.152. The average molecular weight is 259 g/mol. The van der Waals surface area contributed by atoms with Crippen molar-refractivity contribution in [2.75, 3.05) is 19.3 Å². The van der Waals surface area contributed by atoms with Crippen LogP contribution in [0.25, 0.3) is 0 Å². The molecule has 4 nitrogen and oxygen atoms in total. The molecule has 3 N–H and O–H groups in total. The van der Waals surface area contributed by atoms with Crippen LogP contribution in [0, 0.1) is 0 Å². The second-order valence-corrected chi connectivity index (χ2v) is 4.23. The van der Waals surface area contributed by atoms with Crippen molar-refractivity contribution in [2.24, 2.45) is 4.99 Å². The van der Waals surface area contributed by atoms with Crippen molar-refractivity contribution < 1.29 is 4.79 Å². The number of unbranched alkanes of at least 4 members (excludes halogenated alkanes) is 1. The predicted octanol–water partition coefficient (Wildman–Crippen LogP) is 2.40. The van der Waals surface area contributed by atoms with E-state index < -0.39 is 0 Å². The van der Waals surface area contributed by atoms with Gasteiger partial charge < -0.3 is 11.1 Å². The molecular weight excluding hydrogens is 238 g/mol. The number of aliphatic imine (C=N–C) groups is 1. The lowest BCUT2D eigenvalue weighted by molar-refractivity contribution is 0.104. The first-order valence-electron chi connectivity index (χ1n) is 6.41. The summed E-state index contributed by atoms with van der Waals surface area (Å²) < 4.78 is 0. The molecule has 0 aromatic heterocycles. The molecule has 0 fully saturated rings. The predicted molar refractivity (Wildman–Crippen MR) is 80.8 cm³/mol. The highest BCUT2D eigenvalue weighted by Crippen LogP contribution is 2.15. The van der Waals surface area contributed by atoms with Gasteiger partial charge in [0.1, 0.15) is 5.84 Å². The molecule has 1 rings (SSSR count). The second kappa shape index (κ2) is 7.36. The van der Waals surface area contributed by atoms with E-state index in [1.807, 2.05) is 6.07 Å². The molecule has 0 bridgehead atoms. The maximum absolute atomic E-state index is 11.9. The largest absolute Gasteiger partial charge is 0.399 e. The van der Waals surface area contributed by atoms with Crippen LogP contribution in [-0.4, -0.2) is 25.2 Å². The Kier molecular flexibility index (Phi) is 5.79. The van der Waals surface area contributed by atoms with Crippen LogP contribution in [0.5, 0.6) is 0 Å². The number of nitrogens with one attached hydrogen (secondary N) is 1. The summed E-state index contributed by atoms with van der Waals surface area (Å²) in [6.45, 7) is 6.47. The van der Waals surface area contributed by atoms with Crippen molar-refractivity contribution in [3.05, 3.63) is 42.0 Å². The van der Waals surface area contributed by atoms with Gasteiger partial charge in [-0.2, -0.15) is 0 Å². The Bertz CT molecular complexity index is 492. The van der Waals surface area contributed by atoms with E-state index >= 15 is 0 Å². The van der Waals surface area contributed by atoms with Crippen LogP contribution in [-0.2, 0) is 0 Å². The molecule has 0 aliphatic carbocycles. The van der Waals surface area contributed by atoms with Crippen molar-refractivity contribution in [1.82, 2.24) is 5.32 Å². The maximum atomic E-state index is 11.9. The number of nitrogens with zero attached hydrogens (tertiary/aromatic N) is 1. The van der Waals surface area contributed by atoms with Crippen molar-refractivity contribution >= 4 is 17.3 Å². The molecule has 0 saturated heterocycles. The first kappa shape index (κ1) is 15.0. The third-order valence-corrected chi connectivity index (χ3v) is 2.80. The lowest BCUT2D eigenvalue weighted by Gasteiger charge is -2.13. The lowest BCUT2D eigenvalue weighted by Crippen LogP contribution is -2.27.